The first kappa shape index (κ1) is 13.6. The van der Waals surface area contributed by atoms with Gasteiger partial charge in [-0.15, -0.1) is 0 Å². The van der Waals surface area contributed by atoms with Crippen LogP contribution in [0.5, 0.6) is 0 Å². The lowest BCUT2D eigenvalue weighted by Crippen LogP contribution is -2.14. The van der Waals surface area contributed by atoms with Gasteiger partial charge in [-0.25, -0.2) is 0 Å². The van der Waals surface area contributed by atoms with Crippen LogP contribution in [0.4, 0.5) is 0 Å². The van der Waals surface area contributed by atoms with Gasteiger partial charge in [-0.3, -0.25) is 0 Å². The number of fused-ring (bicyclic) bond motifs is 1. The first-order chi connectivity index (χ1) is 9.13. The number of imidazole rings is 1. The highest BCUT2D eigenvalue weighted by Gasteiger charge is 2.42. The molecular weight excluding hydrogens is 371 g/mol. The predicted octanol–water partition coefficient (Wildman–Crippen LogP) is 4.12. The average molecular weight is 388 g/mol. The molecule has 1 aliphatic rings. The van der Waals surface area contributed by atoms with Crippen LogP contribution in [0.2, 0.25) is 0 Å². The molecule has 5 heteroatoms. The maximum atomic E-state index is 5.48. The van der Waals surface area contributed by atoms with Crippen LogP contribution in [0.3, 0.4) is 0 Å². The molecule has 19 heavy (non-hydrogen) atoms. The molecule has 1 heterocycles. The minimum Gasteiger partial charge on any atom is -0.385 e. The van der Waals surface area contributed by atoms with E-state index in [2.05, 4.69) is 50.3 Å². The molecule has 0 spiro atoms. The summed E-state index contributed by atoms with van der Waals surface area (Å²) < 4.78 is 9.54. The highest BCUT2D eigenvalue weighted by Crippen LogP contribution is 2.50. The Labute approximate surface area is 131 Å². The summed E-state index contributed by atoms with van der Waals surface area (Å²) in [5.41, 5.74) is 2.76. The zero-order valence-corrected chi connectivity index (χ0v) is 13.9. The van der Waals surface area contributed by atoms with Crippen molar-refractivity contribution < 1.29 is 4.74 Å². The number of nitrogens with zero attached hydrogens (tertiary/aromatic N) is 1. The van der Waals surface area contributed by atoms with Crippen LogP contribution in [-0.4, -0.2) is 23.3 Å². The van der Waals surface area contributed by atoms with Gasteiger partial charge in [-0.2, -0.15) is 0 Å². The van der Waals surface area contributed by atoms with E-state index >= 15 is 0 Å². The first-order valence-electron chi connectivity index (χ1n) is 6.51. The number of methoxy groups -OCH3 is 1. The van der Waals surface area contributed by atoms with Gasteiger partial charge in [0.25, 0.3) is 0 Å². The molecule has 0 unspecified atom stereocenters. The van der Waals surface area contributed by atoms with Crippen molar-refractivity contribution >= 4 is 45.8 Å². The minimum atomic E-state index is 0.409. The Bertz CT molecular complexity index is 657. The Balaban J connectivity index is 1.93. The van der Waals surface area contributed by atoms with Crippen molar-refractivity contribution in [2.24, 2.45) is 5.41 Å². The number of rotatable bonds is 5. The molecule has 0 saturated heterocycles. The van der Waals surface area contributed by atoms with Crippen LogP contribution in [-0.2, 0) is 11.3 Å². The van der Waals surface area contributed by atoms with Crippen LogP contribution in [0.1, 0.15) is 19.3 Å². The number of hydrogen-bond donors (Lipinski definition) is 1. The van der Waals surface area contributed by atoms with E-state index in [0.29, 0.717) is 5.41 Å². The number of hydrogen-bond acceptors (Lipinski definition) is 2. The van der Waals surface area contributed by atoms with E-state index in [1.54, 1.807) is 7.11 Å². The number of aromatic amines is 1. The fourth-order valence-electron chi connectivity index (χ4n) is 2.61. The molecule has 1 N–H and O–H groups in total. The monoisotopic (exact) mass is 388 g/mol. The fraction of sp³-hybridized carbons (Fsp3) is 0.500. The lowest BCUT2D eigenvalue weighted by Gasteiger charge is -2.16. The van der Waals surface area contributed by atoms with Gasteiger partial charge in [0.15, 0.2) is 4.77 Å². The van der Waals surface area contributed by atoms with Gasteiger partial charge in [-0.1, -0.05) is 0 Å². The molecule has 0 atom stereocenters. The number of nitrogens with one attached hydrogen (secondary N) is 1. The zero-order valence-electron chi connectivity index (χ0n) is 10.9. The smallest absolute Gasteiger partial charge is 0.178 e. The Hall–Kier alpha value is -0.400. The molecule has 0 amide bonds. The van der Waals surface area contributed by atoms with Crippen molar-refractivity contribution in [1.82, 2.24) is 9.55 Å². The normalized spacial score (nSPS) is 16.9. The van der Waals surface area contributed by atoms with Crippen molar-refractivity contribution in [3.05, 3.63) is 26.5 Å². The zero-order chi connectivity index (χ0) is 13.5. The fourth-order valence-corrected chi connectivity index (χ4v) is 3.37. The Morgan fingerprint density at radius 2 is 2.26 bits per heavy atom. The molecule has 0 bridgehead atoms. The molecule has 1 aromatic heterocycles. The van der Waals surface area contributed by atoms with Gasteiger partial charge in [0.1, 0.15) is 0 Å². The van der Waals surface area contributed by atoms with E-state index in [1.807, 2.05) is 0 Å². The molecule has 1 saturated carbocycles. The summed E-state index contributed by atoms with van der Waals surface area (Å²) in [7, 11) is 1.77. The summed E-state index contributed by atoms with van der Waals surface area (Å²) in [6.07, 6.45) is 3.70. The van der Waals surface area contributed by atoms with Gasteiger partial charge in [0.2, 0.25) is 0 Å². The second-order valence-corrected chi connectivity index (χ2v) is 7.05. The lowest BCUT2D eigenvalue weighted by atomic mass is 10.0. The van der Waals surface area contributed by atoms with Crippen LogP contribution in [0.15, 0.2) is 18.2 Å². The Kier molecular flexibility index (Phi) is 3.70. The number of H-pyrrole nitrogens is 1. The number of benzene rings is 1. The van der Waals surface area contributed by atoms with E-state index in [0.717, 1.165) is 29.9 Å². The quantitative estimate of drug-likeness (QED) is 0.617. The minimum absolute atomic E-state index is 0.409. The third kappa shape index (κ3) is 2.73. The number of ether oxygens (including phenoxy) is 1. The summed E-state index contributed by atoms with van der Waals surface area (Å²) >= 11 is 7.81. The highest BCUT2D eigenvalue weighted by atomic mass is 127. The van der Waals surface area contributed by atoms with E-state index in [1.165, 1.54) is 21.9 Å². The molecule has 102 valence electrons. The topological polar surface area (TPSA) is 29.9 Å². The molecule has 0 radical (unpaired) electrons. The van der Waals surface area contributed by atoms with Crippen molar-refractivity contribution in [1.29, 1.82) is 0 Å². The average Bonchev–Trinajstić information content (AvgIpc) is 3.08. The summed E-state index contributed by atoms with van der Waals surface area (Å²) in [5.74, 6) is 0. The van der Waals surface area contributed by atoms with Crippen LogP contribution < -0.4 is 0 Å². The molecule has 3 nitrogen and oxygen atoms in total. The van der Waals surface area contributed by atoms with E-state index in [4.69, 9.17) is 17.0 Å². The third-order valence-corrected chi connectivity index (χ3v) is 5.02. The summed E-state index contributed by atoms with van der Waals surface area (Å²) in [4.78, 5) is 3.32. The number of halogens is 1. The molecule has 1 aromatic carbocycles. The summed E-state index contributed by atoms with van der Waals surface area (Å²) in [5, 5.41) is 0. The van der Waals surface area contributed by atoms with Crippen molar-refractivity contribution in [2.45, 2.75) is 25.8 Å². The molecule has 1 fully saturated rings. The van der Waals surface area contributed by atoms with Crippen molar-refractivity contribution in [3.8, 4) is 0 Å². The van der Waals surface area contributed by atoms with E-state index in [9.17, 15) is 0 Å². The summed E-state index contributed by atoms with van der Waals surface area (Å²) in [6, 6.07) is 6.45. The van der Waals surface area contributed by atoms with Gasteiger partial charge >= 0.3 is 0 Å². The Morgan fingerprint density at radius 1 is 1.47 bits per heavy atom. The second-order valence-electron chi connectivity index (χ2n) is 5.42. The van der Waals surface area contributed by atoms with Crippen molar-refractivity contribution in [3.63, 3.8) is 0 Å². The second kappa shape index (κ2) is 5.18. The predicted molar refractivity (Wildman–Crippen MR) is 88.0 cm³/mol. The van der Waals surface area contributed by atoms with Gasteiger partial charge < -0.3 is 14.3 Å². The molecular formula is C14H17IN2OS. The first-order valence-corrected chi connectivity index (χ1v) is 7.99. The number of aromatic nitrogens is 2. The largest absolute Gasteiger partial charge is 0.385 e. The molecule has 3 rings (SSSR count). The standard InChI is InChI=1S/C14H17IN2OS/c1-18-7-6-14(4-5-14)9-17-12-3-2-10(15)8-11(12)16-13(17)19/h2-3,8H,4-7,9H2,1H3,(H,16,19). The van der Waals surface area contributed by atoms with Crippen LogP contribution in [0, 0.1) is 13.8 Å². The van der Waals surface area contributed by atoms with Gasteiger partial charge in [0, 0.05) is 23.8 Å². The van der Waals surface area contributed by atoms with E-state index < -0.39 is 0 Å². The summed E-state index contributed by atoms with van der Waals surface area (Å²) in [6.45, 7) is 1.85. The van der Waals surface area contributed by atoms with Gasteiger partial charge in [-0.05, 0) is 77.7 Å². The molecule has 2 aromatic rings. The maximum Gasteiger partial charge on any atom is 0.178 e. The van der Waals surface area contributed by atoms with Gasteiger partial charge in [0.05, 0.1) is 11.0 Å². The van der Waals surface area contributed by atoms with Crippen molar-refractivity contribution in [2.75, 3.05) is 13.7 Å². The Morgan fingerprint density at radius 3 is 2.95 bits per heavy atom. The lowest BCUT2D eigenvalue weighted by molar-refractivity contribution is 0.167. The maximum absolute atomic E-state index is 5.48. The van der Waals surface area contributed by atoms with E-state index in [-0.39, 0.29) is 0 Å². The SMILES string of the molecule is COCCC1(Cn2c(=S)[nH]c3cc(I)ccc32)CC1. The van der Waals surface area contributed by atoms with Crippen LogP contribution in [0.25, 0.3) is 11.0 Å². The van der Waals surface area contributed by atoms with Crippen LogP contribution >= 0.6 is 34.8 Å². The third-order valence-electron chi connectivity index (χ3n) is 4.02. The molecule has 1 aliphatic carbocycles. The molecule has 0 aliphatic heterocycles. The highest BCUT2D eigenvalue weighted by molar-refractivity contribution is 14.1.